The topological polar surface area (TPSA) is 72.0 Å². The molecule has 2 heterocycles. The predicted molar refractivity (Wildman–Crippen MR) is 97.9 cm³/mol. The normalized spacial score (nSPS) is 10.3. The summed E-state index contributed by atoms with van der Waals surface area (Å²) in [6, 6.07) is 14.0. The lowest BCUT2D eigenvalue weighted by Crippen LogP contribution is -2.12. The minimum Gasteiger partial charge on any atom is -0.322 e. The fraction of sp³-hybridized carbons (Fsp3) is 0.0526. The number of carbonyl (C=O) groups is 2. The molecule has 0 saturated heterocycles. The van der Waals surface area contributed by atoms with E-state index >= 15 is 0 Å². The highest BCUT2D eigenvalue weighted by atomic mass is 32.2. The minimum absolute atomic E-state index is 0.0875. The third kappa shape index (κ3) is 4.73. The summed E-state index contributed by atoms with van der Waals surface area (Å²) in [5, 5.41) is 3.29. The first-order valence-corrected chi connectivity index (χ1v) is 8.70. The molecule has 1 amide bonds. The second-order valence-electron chi connectivity index (χ2n) is 5.27. The zero-order chi connectivity index (χ0) is 18.4. The van der Waals surface area contributed by atoms with Crippen LogP contribution in [0.2, 0.25) is 0 Å². The molecule has 7 heteroatoms. The quantitative estimate of drug-likeness (QED) is 0.529. The molecule has 2 aromatic heterocycles. The van der Waals surface area contributed by atoms with Crippen LogP contribution in [-0.2, 0) is 0 Å². The molecule has 1 aromatic carbocycles. The largest absolute Gasteiger partial charge is 0.322 e. The summed E-state index contributed by atoms with van der Waals surface area (Å²) in [5.41, 5.74) is 1.28. The van der Waals surface area contributed by atoms with Gasteiger partial charge in [-0.3, -0.25) is 14.6 Å². The monoisotopic (exact) mass is 367 g/mol. The number of Topliss-reactive ketones (excluding diaryl/α,β-unsaturated/α-hetero) is 1. The zero-order valence-corrected chi connectivity index (χ0v) is 14.4. The summed E-state index contributed by atoms with van der Waals surface area (Å²) in [5.74, 6) is -0.586. The smallest absolute Gasteiger partial charge is 0.257 e. The molecule has 0 atom stereocenters. The van der Waals surface area contributed by atoms with Gasteiger partial charge in [0.2, 0.25) is 0 Å². The molecule has 3 rings (SSSR count). The van der Waals surface area contributed by atoms with E-state index in [1.807, 2.05) is 0 Å². The molecule has 0 bridgehead atoms. The van der Waals surface area contributed by atoms with Crippen molar-refractivity contribution in [3.63, 3.8) is 0 Å². The average molecular weight is 367 g/mol. The predicted octanol–water partition coefficient (Wildman–Crippen LogP) is 3.84. The Bertz CT molecular complexity index is 900. The van der Waals surface area contributed by atoms with Crippen LogP contribution in [0.1, 0.15) is 20.8 Å². The molecule has 0 spiro atoms. The Balaban J connectivity index is 1.57. The van der Waals surface area contributed by atoms with Gasteiger partial charge < -0.3 is 5.32 Å². The molecule has 0 radical (unpaired) electrons. The number of halogens is 1. The number of amides is 1. The number of hydrogen-bond acceptors (Lipinski definition) is 5. The first-order valence-electron chi connectivity index (χ1n) is 7.72. The third-order valence-electron chi connectivity index (χ3n) is 3.40. The number of nitrogens with one attached hydrogen (secondary N) is 1. The molecule has 1 N–H and O–H groups in total. The summed E-state index contributed by atoms with van der Waals surface area (Å²) in [6.07, 6.45) is 3.01. The molecule has 0 aliphatic rings. The van der Waals surface area contributed by atoms with E-state index in [-0.39, 0.29) is 23.3 Å². The van der Waals surface area contributed by atoms with E-state index in [2.05, 4.69) is 15.3 Å². The van der Waals surface area contributed by atoms with Crippen LogP contribution in [-0.4, -0.2) is 27.4 Å². The number of rotatable bonds is 6. The van der Waals surface area contributed by atoms with Crippen LogP contribution in [0.5, 0.6) is 0 Å². The Hall–Kier alpha value is -3.06. The second-order valence-corrected chi connectivity index (χ2v) is 6.27. The van der Waals surface area contributed by atoms with E-state index in [9.17, 15) is 14.0 Å². The van der Waals surface area contributed by atoms with Gasteiger partial charge in [-0.1, -0.05) is 17.8 Å². The first kappa shape index (κ1) is 17.8. The summed E-state index contributed by atoms with van der Waals surface area (Å²) in [4.78, 5) is 32.4. The van der Waals surface area contributed by atoms with Crippen LogP contribution in [0.25, 0.3) is 0 Å². The first-order chi connectivity index (χ1) is 12.6. The molecule has 0 aliphatic heterocycles. The van der Waals surface area contributed by atoms with Gasteiger partial charge in [0.05, 0.1) is 16.3 Å². The fourth-order valence-electron chi connectivity index (χ4n) is 2.08. The highest BCUT2D eigenvalue weighted by Gasteiger charge is 2.10. The van der Waals surface area contributed by atoms with Crippen molar-refractivity contribution < 1.29 is 14.0 Å². The van der Waals surface area contributed by atoms with E-state index < -0.39 is 0 Å². The van der Waals surface area contributed by atoms with Crippen molar-refractivity contribution in [1.82, 2.24) is 9.97 Å². The number of pyridine rings is 2. The minimum atomic E-state index is -0.369. The number of benzene rings is 1. The molecule has 26 heavy (non-hydrogen) atoms. The Morgan fingerprint density at radius 2 is 1.81 bits per heavy atom. The van der Waals surface area contributed by atoms with Crippen molar-refractivity contribution in [2.45, 2.75) is 5.03 Å². The number of ketones is 1. The molecule has 130 valence electrons. The third-order valence-corrected chi connectivity index (χ3v) is 4.35. The summed E-state index contributed by atoms with van der Waals surface area (Å²) in [6.45, 7) is 0. The van der Waals surface area contributed by atoms with E-state index in [0.717, 1.165) is 0 Å². The lowest BCUT2D eigenvalue weighted by atomic mass is 10.2. The summed E-state index contributed by atoms with van der Waals surface area (Å²) in [7, 11) is 0. The van der Waals surface area contributed by atoms with Crippen molar-refractivity contribution in [2.24, 2.45) is 0 Å². The van der Waals surface area contributed by atoms with Gasteiger partial charge >= 0.3 is 0 Å². The molecule has 0 fully saturated rings. The van der Waals surface area contributed by atoms with Crippen LogP contribution in [0, 0.1) is 5.82 Å². The summed E-state index contributed by atoms with van der Waals surface area (Å²) >= 11 is 1.28. The number of nitrogens with zero attached hydrogens (tertiary/aromatic N) is 2. The zero-order valence-electron chi connectivity index (χ0n) is 13.6. The van der Waals surface area contributed by atoms with Crippen molar-refractivity contribution in [3.05, 3.63) is 84.1 Å². The van der Waals surface area contributed by atoms with Crippen LogP contribution in [0.15, 0.2) is 72.0 Å². The van der Waals surface area contributed by atoms with E-state index in [1.165, 1.54) is 42.2 Å². The van der Waals surface area contributed by atoms with Gasteiger partial charge in [0.1, 0.15) is 11.5 Å². The molecule has 3 aromatic rings. The van der Waals surface area contributed by atoms with E-state index in [1.54, 1.807) is 36.5 Å². The van der Waals surface area contributed by atoms with Crippen LogP contribution in [0.3, 0.4) is 0 Å². The van der Waals surface area contributed by atoms with Gasteiger partial charge in [-0.2, -0.15) is 0 Å². The number of carbonyl (C=O) groups excluding carboxylic acids is 2. The number of aromatic nitrogens is 2. The van der Waals surface area contributed by atoms with E-state index in [0.29, 0.717) is 22.0 Å². The highest BCUT2D eigenvalue weighted by Crippen LogP contribution is 2.17. The Labute approximate surface area is 153 Å². The number of hydrogen-bond donors (Lipinski definition) is 1. The highest BCUT2D eigenvalue weighted by molar-refractivity contribution is 7.99. The van der Waals surface area contributed by atoms with Crippen molar-refractivity contribution in [3.8, 4) is 0 Å². The van der Waals surface area contributed by atoms with Crippen molar-refractivity contribution in [1.29, 1.82) is 0 Å². The van der Waals surface area contributed by atoms with Gasteiger partial charge in [0.15, 0.2) is 5.78 Å². The molecule has 0 saturated carbocycles. The lowest BCUT2D eigenvalue weighted by molar-refractivity contribution is 0.101. The maximum atomic E-state index is 12.9. The SMILES string of the molecule is O=C(Nc1ccc(F)cc1)c1ccc(SCC(=O)c2ccccn2)nc1. The number of thioether (sulfide) groups is 1. The van der Waals surface area contributed by atoms with Gasteiger partial charge in [-0.15, -0.1) is 0 Å². The molecule has 0 aliphatic carbocycles. The van der Waals surface area contributed by atoms with Gasteiger partial charge in [0.25, 0.3) is 5.91 Å². The van der Waals surface area contributed by atoms with Gasteiger partial charge in [0, 0.05) is 18.1 Å². The Morgan fingerprint density at radius 3 is 2.46 bits per heavy atom. The van der Waals surface area contributed by atoms with Gasteiger partial charge in [-0.25, -0.2) is 9.37 Å². The standard InChI is InChI=1S/C19H14FN3O2S/c20-14-5-7-15(8-6-14)23-19(25)13-4-9-18(22-11-13)26-12-17(24)16-3-1-2-10-21-16/h1-11H,12H2,(H,23,25). The maximum Gasteiger partial charge on any atom is 0.257 e. The molecule has 0 unspecified atom stereocenters. The van der Waals surface area contributed by atoms with Crippen LogP contribution in [0.4, 0.5) is 10.1 Å². The van der Waals surface area contributed by atoms with Crippen molar-refractivity contribution in [2.75, 3.05) is 11.1 Å². The average Bonchev–Trinajstić information content (AvgIpc) is 2.69. The summed E-state index contributed by atoms with van der Waals surface area (Å²) < 4.78 is 12.9. The van der Waals surface area contributed by atoms with Crippen LogP contribution < -0.4 is 5.32 Å². The molecular weight excluding hydrogens is 353 g/mol. The maximum absolute atomic E-state index is 12.9. The lowest BCUT2D eigenvalue weighted by Gasteiger charge is -2.06. The van der Waals surface area contributed by atoms with E-state index in [4.69, 9.17) is 0 Å². The molecular formula is C19H14FN3O2S. The van der Waals surface area contributed by atoms with Crippen molar-refractivity contribution >= 4 is 29.1 Å². The van der Waals surface area contributed by atoms with Crippen LogP contribution >= 0.6 is 11.8 Å². The Kier molecular flexibility index (Phi) is 5.70. The van der Waals surface area contributed by atoms with Gasteiger partial charge in [-0.05, 0) is 48.5 Å². The number of anilines is 1. The molecule has 5 nitrogen and oxygen atoms in total. The fourth-order valence-corrected chi connectivity index (χ4v) is 2.80. The Morgan fingerprint density at radius 1 is 1.00 bits per heavy atom. The second kappa shape index (κ2) is 8.35.